The molecule has 0 fully saturated rings. The normalized spacial score (nSPS) is 12.2. The molecule has 0 amide bonds. The van der Waals surface area contributed by atoms with Gasteiger partial charge in [0.05, 0.1) is 10.0 Å². The van der Waals surface area contributed by atoms with Gasteiger partial charge in [-0.2, -0.15) is 0 Å². The number of rotatable bonds is 4. The topological polar surface area (TPSA) is 55.5 Å². The van der Waals surface area contributed by atoms with E-state index >= 15 is 0 Å². The van der Waals surface area contributed by atoms with Crippen LogP contribution < -0.4 is 10.5 Å². The van der Waals surface area contributed by atoms with Gasteiger partial charge in [0, 0.05) is 11.8 Å². The van der Waals surface area contributed by atoms with Gasteiger partial charge >= 0.3 is 0 Å². The minimum absolute atomic E-state index is 0.127. The molecule has 0 heterocycles. The van der Waals surface area contributed by atoms with E-state index in [4.69, 9.17) is 33.7 Å². The molecular formula is C14H13Cl2NO2. The number of halogens is 2. The van der Waals surface area contributed by atoms with E-state index in [0.29, 0.717) is 21.5 Å². The molecule has 5 heteroatoms. The number of benzene rings is 2. The molecule has 0 aromatic heterocycles. The van der Waals surface area contributed by atoms with Crippen molar-refractivity contribution in [1.82, 2.24) is 0 Å². The predicted octanol–water partition coefficient (Wildman–Crippen LogP) is 3.69. The van der Waals surface area contributed by atoms with Crippen molar-refractivity contribution in [3.05, 3.63) is 58.1 Å². The Balaban J connectivity index is 1.98. The summed E-state index contributed by atoms with van der Waals surface area (Å²) in [7, 11) is 0. The van der Waals surface area contributed by atoms with E-state index in [1.165, 1.54) is 0 Å². The van der Waals surface area contributed by atoms with Crippen LogP contribution in [0.1, 0.15) is 11.7 Å². The average molecular weight is 298 g/mol. The number of ether oxygens (including phenoxy) is 1. The summed E-state index contributed by atoms with van der Waals surface area (Å²) in [5, 5.41) is 10.9. The predicted molar refractivity (Wildman–Crippen MR) is 77.8 cm³/mol. The SMILES string of the molecule is Nc1ccc(C(O)COc2ccc(Cl)c(Cl)c2)cc1. The first-order valence-electron chi connectivity index (χ1n) is 5.67. The summed E-state index contributed by atoms with van der Waals surface area (Å²) in [5.74, 6) is 0.559. The first-order chi connectivity index (χ1) is 9.06. The summed E-state index contributed by atoms with van der Waals surface area (Å²) in [4.78, 5) is 0. The maximum Gasteiger partial charge on any atom is 0.121 e. The highest BCUT2D eigenvalue weighted by molar-refractivity contribution is 6.42. The fraction of sp³-hybridized carbons (Fsp3) is 0.143. The molecule has 0 radical (unpaired) electrons. The van der Waals surface area contributed by atoms with Crippen molar-refractivity contribution in [3.8, 4) is 5.75 Å². The van der Waals surface area contributed by atoms with E-state index in [-0.39, 0.29) is 6.61 Å². The highest BCUT2D eigenvalue weighted by Crippen LogP contribution is 2.27. The minimum atomic E-state index is -0.727. The summed E-state index contributed by atoms with van der Waals surface area (Å²) in [6.07, 6.45) is -0.727. The molecule has 100 valence electrons. The van der Waals surface area contributed by atoms with Crippen molar-refractivity contribution in [2.45, 2.75) is 6.10 Å². The summed E-state index contributed by atoms with van der Waals surface area (Å²) in [6, 6.07) is 11.9. The van der Waals surface area contributed by atoms with Gasteiger partial charge in [-0.25, -0.2) is 0 Å². The van der Waals surface area contributed by atoms with Gasteiger partial charge in [-0.15, -0.1) is 0 Å². The van der Waals surface area contributed by atoms with Crippen LogP contribution in [0.2, 0.25) is 10.0 Å². The molecular weight excluding hydrogens is 285 g/mol. The molecule has 3 nitrogen and oxygen atoms in total. The first-order valence-corrected chi connectivity index (χ1v) is 6.43. The van der Waals surface area contributed by atoms with Crippen molar-refractivity contribution >= 4 is 28.9 Å². The molecule has 1 atom stereocenters. The van der Waals surface area contributed by atoms with Crippen molar-refractivity contribution in [2.24, 2.45) is 0 Å². The maximum atomic E-state index is 9.97. The Morgan fingerprint density at radius 1 is 1.05 bits per heavy atom. The molecule has 0 bridgehead atoms. The summed E-state index contributed by atoms with van der Waals surface area (Å²) >= 11 is 11.7. The average Bonchev–Trinajstić information content (AvgIpc) is 2.40. The van der Waals surface area contributed by atoms with E-state index in [1.807, 2.05) is 0 Å². The third kappa shape index (κ3) is 3.77. The monoisotopic (exact) mass is 297 g/mol. The second kappa shape index (κ2) is 6.15. The molecule has 0 saturated heterocycles. The van der Waals surface area contributed by atoms with E-state index in [2.05, 4.69) is 0 Å². The zero-order valence-corrected chi connectivity index (χ0v) is 11.5. The molecule has 3 N–H and O–H groups in total. The Morgan fingerprint density at radius 2 is 1.74 bits per heavy atom. The number of anilines is 1. The molecule has 2 aromatic carbocycles. The van der Waals surface area contributed by atoms with Gasteiger partial charge in [0.15, 0.2) is 0 Å². The third-order valence-electron chi connectivity index (χ3n) is 2.62. The zero-order chi connectivity index (χ0) is 13.8. The van der Waals surface area contributed by atoms with Gasteiger partial charge in [-0.05, 0) is 29.8 Å². The van der Waals surface area contributed by atoms with Crippen LogP contribution in [0.15, 0.2) is 42.5 Å². The lowest BCUT2D eigenvalue weighted by Gasteiger charge is -2.13. The van der Waals surface area contributed by atoms with E-state index in [0.717, 1.165) is 5.56 Å². The van der Waals surface area contributed by atoms with E-state index < -0.39 is 6.10 Å². The maximum absolute atomic E-state index is 9.97. The number of nitrogen functional groups attached to an aromatic ring is 1. The molecule has 0 aliphatic rings. The number of hydrogen-bond donors (Lipinski definition) is 2. The van der Waals surface area contributed by atoms with Gasteiger partial charge in [0.25, 0.3) is 0 Å². The summed E-state index contributed by atoms with van der Waals surface area (Å²) in [6.45, 7) is 0.127. The number of nitrogens with two attached hydrogens (primary N) is 1. The van der Waals surface area contributed by atoms with Crippen LogP contribution in [0.3, 0.4) is 0 Å². The lowest BCUT2D eigenvalue weighted by atomic mass is 10.1. The third-order valence-corrected chi connectivity index (χ3v) is 3.36. The van der Waals surface area contributed by atoms with Crippen LogP contribution in [-0.4, -0.2) is 11.7 Å². The Kier molecular flexibility index (Phi) is 4.53. The van der Waals surface area contributed by atoms with Crippen molar-refractivity contribution in [3.63, 3.8) is 0 Å². The van der Waals surface area contributed by atoms with Crippen LogP contribution in [0.25, 0.3) is 0 Å². The number of aliphatic hydroxyl groups excluding tert-OH is 1. The smallest absolute Gasteiger partial charge is 0.121 e. The van der Waals surface area contributed by atoms with Gasteiger partial charge in [-0.1, -0.05) is 35.3 Å². The molecule has 2 rings (SSSR count). The summed E-state index contributed by atoms with van der Waals surface area (Å²) in [5.41, 5.74) is 6.98. The standard InChI is InChI=1S/C14H13Cl2NO2/c15-12-6-5-11(7-13(12)16)19-8-14(18)9-1-3-10(17)4-2-9/h1-7,14,18H,8,17H2. The number of aliphatic hydroxyl groups is 1. The molecule has 0 saturated carbocycles. The lowest BCUT2D eigenvalue weighted by molar-refractivity contribution is 0.108. The molecule has 19 heavy (non-hydrogen) atoms. The fourth-order valence-electron chi connectivity index (χ4n) is 1.56. The Labute approximate surface area is 121 Å². The molecule has 2 aromatic rings. The van der Waals surface area contributed by atoms with Crippen LogP contribution in [0.5, 0.6) is 5.75 Å². The lowest BCUT2D eigenvalue weighted by Crippen LogP contribution is -2.09. The van der Waals surface area contributed by atoms with Crippen molar-refractivity contribution < 1.29 is 9.84 Å². The van der Waals surface area contributed by atoms with Crippen molar-refractivity contribution in [1.29, 1.82) is 0 Å². The Hall–Kier alpha value is -1.42. The molecule has 0 aliphatic carbocycles. The first kappa shape index (κ1) is 14.0. The van der Waals surface area contributed by atoms with Crippen LogP contribution in [0.4, 0.5) is 5.69 Å². The van der Waals surface area contributed by atoms with E-state index in [1.54, 1.807) is 42.5 Å². The second-order valence-corrected chi connectivity index (χ2v) is 4.88. The van der Waals surface area contributed by atoms with Crippen molar-refractivity contribution in [2.75, 3.05) is 12.3 Å². The van der Waals surface area contributed by atoms with Crippen LogP contribution in [-0.2, 0) is 0 Å². The van der Waals surface area contributed by atoms with Gasteiger partial charge in [0.2, 0.25) is 0 Å². The molecule has 0 aliphatic heterocycles. The van der Waals surface area contributed by atoms with Gasteiger partial charge in [0.1, 0.15) is 18.5 Å². The Bertz CT molecular complexity index is 558. The molecule has 0 spiro atoms. The second-order valence-electron chi connectivity index (χ2n) is 4.07. The zero-order valence-electron chi connectivity index (χ0n) is 10.0. The van der Waals surface area contributed by atoms with Gasteiger partial charge < -0.3 is 15.6 Å². The minimum Gasteiger partial charge on any atom is -0.490 e. The Morgan fingerprint density at radius 3 is 2.37 bits per heavy atom. The quantitative estimate of drug-likeness (QED) is 0.846. The summed E-state index contributed by atoms with van der Waals surface area (Å²) < 4.78 is 5.46. The molecule has 1 unspecified atom stereocenters. The fourth-order valence-corrected chi connectivity index (χ4v) is 1.84. The van der Waals surface area contributed by atoms with Gasteiger partial charge in [-0.3, -0.25) is 0 Å². The van der Waals surface area contributed by atoms with Crippen LogP contribution >= 0.6 is 23.2 Å². The highest BCUT2D eigenvalue weighted by atomic mass is 35.5. The largest absolute Gasteiger partial charge is 0.490 e. The highest BCUT2D eigenvalue weighted by Gasteiger charge is 2.09. The van der Waals surface area contributed by atoms with E-state index in [9.17, 15) is 5.11 Å². The van der Waals surface area contributed by atoms with Crippen LogP contribution in [0, 0.1) is 0 Å². The number of hydrogen-bond acceptors (Lipinski definition) is 3.